The maximum atomic E-state index is 2.53. The lowest BCUT2D eigenvalue weighted by atomic mass is 9.79. The molecule has 0 rings (SSSR count). The highest BCUT2D eigenvalue weighted by atomic mass is 15.4. The molecule has 1 nitrogen and oxygen atoms in total. The molecule has 0 aromatic rings. The third-order valence-corrected chi connectivity index (χ3v) is 7.61. The lowest BCUT2D eigenvalue weighted by Gasteiger charge is -2.54. The summed E-state index contributed by atoms with van der Waals surface area (Å²) >= 11 is 0. The molecular formula is C28H60N+. The number of nitrogens with zero attached hydrogens (tertiary/aromatic N) is 1. The molecule has 0 fully saturated rings. The maximum Gasteiger partial charge on any atom is 0.0989 e. The van der Waals surface area contributed by atoms with Crippen molar-refractivity contribution in [1.29, 1.82) is 0 Å². The number of unbranched alkanes of at least 4 members (excludes halogenated alkanes) is 10. The summed E-state index contributed by atoms with van der Waals surface area (Å²) in [6.07, 6.45) is 25.6. The molecule has 0 radical (unpaired) electrons. The second kappa shape index (κ2) is 18.7. The molecule has 0 spiro atoms. The van der Waals surface area contributed by atoms with Crippen LogP contribution in [0.15, 0.2) is 0 Å². The summed E-state index contributed by atoms with van der Waals surface area (Å²) in [5.74, 6) is 0. The average molecular weight is 411 g/mol. The predicted molar refractivity (Wildman–Crippen MR) is 135 cm³/mol. The van der Waals surface area contributed by atoms with Gasteiger partial charge in [0.15, 0.2) is 0 Å². The summed E-state index contributed by atoms with van der Waals surface area (Å²) in [5.41, 5.74) is 0.539. The largest absolute Gasteiger partial charge is 0.319 e. The molecule has 0 saturated heterocycles. The molecule has 0 amide bonds. The Labute approximate surface area is 187 Å². The van der Waals surface area contributed by atoms with Gasteiger partial charge in [0.05, 0.1) is 25.2 Å². The van der Waals surface area contributed by atoms with Crippen LogP contribution in [0, 0.1) is 0 Å². The molecule has 0 aliphatic carbocycles. The van der Waals surface area contributed by atoms with Gasteiger partial charge < -0.3 is 4.48 Å². The summed E-state index contributed by atoms with van der Waals surface area (Å²) in [7, 11) is 0. The summed E-state index contributed by atoms with van der Waals surface area (Å²) in [5, 5.41) is 0. The van der Waals surface area contributed by atoms with Crippen LogP contribution < -0.4 is 0 Å². The number of hydrogen-bond acceptors (Lipinski definition) is 0. The smallest absolute Gasteiger partial charge is 0.0989 e. The van der Waals surface area contributed by atoms with E-state index in [9.17, 15) is 0 Å². The highest BCUT2D eigenvalue weighted by Gasteiger charge is 2.46. The lowest BCUT2D eigenvalue weighted by molar-refractivity contribution is -0.978. The van der Waals surface area contributed by atoms with Crippen LogP contribution in [-0.4, -0.2) is 29.7 Å². The van der Waals surface area contributed by atoms with E-state index < -0.39 is 0 Å². The van der Waals surface area contributed by atoms with Crippen molar-refractivity contribution in [1.82, 2.24) is 0 Å². The van der Waals surface area contributed by atoms with E-state index in [1.807, 2.05) is 0 Å². The second-order valence-electron chi connectivity index (χ2n) is 9.93. The Morgan fingerprint density at radius 1 is 0.414 bits per heavy atom. The zero-order chi connectivity index (χ0) is 21.8. The van der Waals surface area contributed by atoms with Crippen LogP contribution in [-0.2, 0) is 0 Å². The minimum absolute atomic E-state index is 0.539. The van der Waals surface area contributed by atoms with E-state index in [1.165, 1.54) is 140 Å². The zero-order valence-electron chi connectivity index (χ0n) is 21.8. The third kappa shape index (κ3) is 10.7. The Balaban J connectivity index is 5.24. The standard InChI is InChI=1S/C28H60N/c1-7-13-15-17-19-21-23-28(12-6,24-22-20-18-16-14-8-2)29(25-9-3,26-10-4)27-11-5/h7-27H2,1-6H3/q+1. The van der Waals surface area contributed by atoms with E-state index in [1.54, 1.807) is 0 Å². The van der Waals surface area contributed by atoms with Gasteiger partial charge in [-0.25, -0.2) is 0 Å². The first kappa shape index (κ1) is 29.0. The van der Waals surface area contributed by atoms with Crippen molar-refractivity contribution in [2.75, 3.05) is 19.6 Å². The predicted octanol–water partition coefficient (Wildman–Crippen LogP) is 9.68. The van der Waals surface area contributed by atoms with Gasteiger partial charge in [-0.2, -0.15) is 0 Å². The number of quaternary nitrogens is 1. The Morgan fingerprint density at radius 2 is 0.759 bits per heavy atom. The fraction of sp³-hybridized carbons (Fsp3) is 1.00. The van der Waals surface area contributed by atoms with Crippen LogP contribution in [0.1, 0.15) is 157 Å². The number of hydrogen-bond donors (Lipinski definition) is 0. The van der Waals surface area contributed by atoms with Crippen molar-refractivity contribution in [3.63, 3.8) is 0 Å². The fourth-order valence-electron chi connectivity index (χ4n) is 6.09. The monoisotopic (exact) mass is 410 g/mol. The lowest BCUT2D eigenvalue weighted by Crippen LogP contribution is -2.65. The molecule has 29 heavy (non-hydrogen) atoms. The number of rotatable bonds is 22. The minimum Gasteiger partial charge on any atom is -0.319 e. The molecule has 0 atom stereocenters. The van der Waals surface area contributed by atoms with Crippen molar-refractivity contribution in [3.8, 4) is 0 Å². The van der Waals surface area contributed by atoms with Gasteiger partial charge >= 0.3 is 0 Å². The Bertz CT molecular complexity index is 302. The van der Waals surface area contributed by atoms with Gasteiger partial charge in [0, 0.05) is 12.8 Å². The van der Waals surface area contributed by atoms with Crippen LogP contribution in [0.5, 0.6) is 0 Å². The summed E-state index contributed by atoms with van der Waals surface area (Å²) in [4.78, 5) is 0. The van der Waals surface area contributed by atoms with Crippen LogP contribution in [0.2, 0.25) is 0 Å². The normalized spacial score (nSPS) is 12.6. The van der Waals surface area contributed by atoms with Gasteiger partial charge in [-0.3, -0.25) is 0 Å². The average Bonchev–Trinajstić information content (AvgIpc) is 2.72. The van der Waals surface area contributed by atoms with Gasteiger partial charge in [-0.05, 0) is 38.5 Å². The van der Waals surface area contributed by atoms with Crippen molar-refractivity contribution < 1.29 is 4.48 Å². The van der Waals surface area contributed by atoms with E-state index in [2.05, 4.69) is 41.5 Å². The Morgan fingerprint density at radius 3 is 1.07 bits per heavy atom. The van der Waals surface area contributed by atoms with Crippen LogP contribution in [0.4, 0.5) is 0 Å². The first-order chi connectivity index (χ1) is 14.1. The molecule has 0 N–H and O–H groups in total. The molecule has 0 aromatic carbocycles. The molecule has 0 saturated carbocycles. The molecule has 0 aliphatic rings. The van der Waals surface area contributed by atoms with Gasteiger partial charge in [-0.15, -0.1) is 0 Å². The topological polar surface area (TPSA) is 0 Å². The third-order valence-electron chi connectivity index (χ3n) is 7.61. The fourth-order valence-corrected chi connectivity index (χ4v) is 6.09. The molecule has 0 aromatic heterocycles. The van der Waals surface area contributed by atoms with Crippen LogP contribution in [0.3, 0.4) is 0 Å². The highest BCUT2D eigenvalue weighted by molar-refractivity contribution is 4.82. The van der Waals surface area contributed by atoms with Gasteiger partial charge in [0.1, 0.15) is 0 Å². The van der Waals surface area contributed by atoms with Crippen LogP contribution in [0.25, 0.3) is 0 Å². The molecule has 0 bridgehead atoms. The van der Waals surface area contributed by atoms with Crippen molar-refractivity contribution in [2.24, 2.45) is 0 Å². The van der Waals surface area contributed by atoms with E-state index >= 15 is 0 Å². The summed E-state index contributed by atoms with van der Waals surface area (Å²) < 4.78 is 1.43. The quantitative estimate of drug-likeness (QED) is 0.123. The Hall–Kier alpha value is -0.0400. The van der Waals surface area contributed by atoms with Gasteiger partial charge in [-0.1, -0.05) is 106 Å². The van der Waals surface area contributed by atoms with E-state index in [-0.39, 0.29) is 0 Å². The maximum absolute atomic E-state index is 2.53. The molecule has 1 heteroatoms. The molecule has 0 aliphatic heterocycles. The van der Waals surface area contributed by atoms with Crippen molar-refractivity contribution >= 4 is 0 Å². The molecular weight excluding hydrogens is 350 g/mol. The highest BCUT2D eigenvalue weighted by Crippen LogP contribution is 2.40. The van der Waals surface area contributed by atoms with E-state index in [4.69, 9.17) is 0 Å². The first-order valence-corrected chi connectivity index (χ1v) is 14.0. The Kier molecular flexibility index (Phi) is 18.7. The summed E-state index contributed by atoms with van der Waals surface area (Å²) in [6.45, 7) is 18.7. The van der Waals surface area contributed by atoms with Gasteiger partial charge in [0.2, 0.25) is 0 Å². The van der Waals surface area contributed by atoms with E-state index in [0.29, 0.717) is 5.54 Å². The minimum atomic E-state index is 0.539. The van der Waals surface area contributed by atoms with E-state index in [0.717, 1.165) is 0 Å². The van der Waals surface area contributed by atoms with Crippen molar-refractivity contribution in [3.05, 3.63) is 0 Å². The summed E-state index contributed by atoms with van der Waals surface area (Å²) in [6, 6.07) is 0. The van der Waals surface area contributed by atoms with Crippen LogP contribution >= 0.6 is 0 Å². The SMILES string of the molecule is CCCCCCCCC(CC)(CCCCCCCC)[N+](CCC)(CCC)CCC. The molecule has 0 heterocycles. The first-order valence-electron chi connectivity index (χ1n) is 14.0. The van der Waals surface area contributed by atoms with Crippen molar-refractivity contribution in [2.45, 2.75) is 163 Å². The second-order valence-corrected chi connectivity index (χ2v) is 9.93. The molecule has 0 unspecified atom stereocenters. The zero-order valence-corrected chi connectivity index (χ0v) is 21.8. The molecule has 176 valence electrons. The van der Waals surface area contributed by atoms with Gasteiger partial charge in [0.25, 0.3) is 0 Å².